The Hall–Kier alpha value is -4.21. The van der Waals surface area contributed by atoms with Crippen LogP contribution in [0, 0.1) is 0 Å². The zero-order chi connectivity index (χ0) is 24.0. The van der Waals surface area contributed by atoms with Gasteiger partial charge in [-0.25, -0.2) is 14.6 Å². The number of likely N-dealkylation sites (N-methyl/N-ethyl adjacent to an activating group) is 1. The molecule has 1 amide bonds. The summed E-state index contributed by atoms with van der Waals surface area (Å²) in [5.74, 6) is 1.83. The molecule has 0 saturated heterocycles. The monoisotopic (exact) mass is 457 g/mol. The number of pyridine rings is 1. The predicted octanol–water partition coefficient (Wildman–Crippen LogP) is 3.83. The second kappa shape index (κ2) is 8.29. The van der Waals surface area contributed by atoms with Gasteiger partial charge in [0.15, 0.2) is 11.5 Å². The normalized spacial score (nSPS) is 15.7. The Morgan fingerprint density at radius 1 is 1.00 bits per heavy atom. The second-order valence-electron chi connectivity index (χ2n) is 8.64. The van der Waals surface area contributed by atoms with Crippen LogP contribution in [-0.2, 0) is 11.8 Å². The van der Waals surface area contributed by atoms with Gasteiger partial charge in [0.05, 0.1) is 16.8 Å². The average molecular weight is 458 g/mol. The smallest absolute Gasteiger partial charge is 0.249 e. The Morgan fingerprint density at radius 3 is 2.62 bits per heavy atom. The zero-order valence-corrected chi connectivity index (χ0v) is 19.8. The molecule has 0 unspecified atom stereocenters. The van der Waals surface area contributed by atoms with E-state index in [1.54, 1.807) is 28.0 Å². The molecule has 1 aromatic carbocycles. The number of anilines is 6. The van der Waals surface area contributed by atoms with Gasteiger partial charge < -0.3 is 20.4 Å². The minimum absolute atomic E-state index is 0.0845. The van der Waals surface area contributed by atoms with Gasteiger partial charge in [0.2, 0.25) is 11.9 Å². The summed E-state index contributed by atoms with van der Waals surface area (Å²) in [7, 11) is 3.67. The van der Waals surface area contributed by atoms with Crippen LogP contribution < -0.4 is 20.4 Å². The van der Waals surface area contributed by atoms with E-state index >= 15 is 0 Å². The maximum Gasteiger partial charge on any atom is 0.249 e. The van der Waals surface area contributed by atoms with Crippen LogP contribution in [0.2, 0.25) is 0 Å². The van der Waals surface area contributed by atoms with Gasteiger partial charge in [-0.1, -0.05) is 0 Å². The summed E-state index contributed by atoms with van der Waals surface area (Å²) in [6.07, 6.45) is 3.43. The van der Waals surface area contributed by atoms with Gasteiger partial charge in [-0.15, -0.1) is 0 Å². The number of nitrogens with one attached hydrogen (secondary N) is 2. The third-order valence-corrected chi connectivity index (χ3v) is 6.03. The summed E-state index contributed by atoms with van der Waals surface area (Å²) in [6.45, 7) is 6.12. The van der Waals surface area contributed by atoms with E-state index < -0.39 is 0 Å². The molecule has 1 aliphatic rings. The van der Waals surface area contributed by atoms with E-state index in [4.69, 9.17) is 0 Å². The number of carbonyl (C=O) groups excluding carboxylic acids is 1. The summed E-state index contributed by atoms with van der Waals surface area (Å²) in [6, 6.07) is 11.5. The third-order valence-electron chi connectivity index (χ3n) is 6.03. The second-order valence-corrected chi connectivity index (χ2v) is 8.64. The fourth-order valence-electron chi connectivity index (χ4n) is 4.47. The summed E-state index contributed by atoms with van der Waals surface area (Å²) in [4.78, 5) is 29.9. The molecule has 0 spiro atoms. The van der Waals surface area contributed by atoms with Crippen molar-refractivity contribution in [2.24, 2.45) is 7.05 Å². The maximum absolute atomic E-state index is 12.7. The lowest BCUT2D eigenvalue weighted by Gasteiger charge is -2.42. The van der Waals surface area contributed by atoms with Crippen molar-refractivity contribution in [1.82, 2.24) is 24.7 Å². The Bertz CT molecular complexity index is 1380. The highest BCUT2D eigenvalue weighted by Crippen LogP contribution is 2.39. The van der Waals surface area contributed by atoms with Gasteiger partial charge in [-0.05, 0) is 57.2 Å². The number of carbonyl (C=O) groups is 1. The molecule has 10 nitrogen and oxygen atoms in total. The van der Waals surface area contributed by atoms with Crippen LogP contribution in [0.5, 0.6) is 0 Å². The standard InChI is InChI=1S/C24H27N9O/c1-14(2)33-15(3)23(34)31(4)18-9-8-16(13-19(18)33)27-24-26-12-10-20(29-24)28-21-17-7-6-11-25-22(17)32(5)30-21/h6-15H,1-5H3,(H2,26,27,28,29,30)/t15-/m1/s1. The fraction of sp³-hybridized carbons (Fsp3) is 0.292. The lowest BCUT2D eigenvalue weighted by atomic mass is 10.0. The first kappa shape index (κ1) is 21.6. The summed E-state index contributed by atoms with van der Waals surface area (Å²) >= 11 is 0. The topological polar surface area (TPSA) is 104 Å². The number of hydrogen-bond acceptors (Lipinski definition) is 8. The van der Waals surface area contributed by atoms with Crippen LogP contribution in [0.25, 0.3) is 11.0 Å². The van der Waals surface area contributed by atoms with Gasteiger partial charge in [0.25, 0.3) is 0 Å². The molecule has 0 radical (unpaired) electrons. The number of aromatic nitrogens is 5. The summed E-state index contributed by atoms with van der Waals surface area (Å²) < 4.78 is 1.73. The van der Waals surface area contributed by atoms with Gasteiger partial charge in [-0.2, -0.15) is 10.1 Å². The highest BCUT2D eigenvalue weighted by molar-refractivity contribution is 6.05. The lowest BCUT2D eigenvalue weighted by molar-refractivity contribution is -0.119. The molecule has 3 aromatic heterocycles. The van der Waals surface area contributed by atoms with Crippen LogP contribution in [0.4, 0.5) is 34.6 Å². The predicted molar refractivity (Wildman–Crippen MR) is 134 cm³/mol. The zero-order valence-electron chi connectivity index (χ0n) is 19.8. The number of nitrogens with zero attached hydrogens (tertiary/aromatic N) is 7. The van der Waals surface area contributed by atoms with E-state index in [1.807, 2.05) is 51.4 Å². The highest BCUT2D eigenvalue weighted by Gasteiger charge is 2.34. The number of amides is 1. The van der Waals surface area contributed by atoms with E-state index in [0.29, 0.717) is 17.6 Å². The first-order valence-electron chi connectivity index (χ1n) is 11.2. The molecule has 1 atom stereocenters. The van der Waals surface area contributed by atoms with E-state index in [1.165, 1.54) is 0 Å². The Morgan fingerprint density at radius 2 is 1.82 bits per heavy atom. The molecule has 4 aromatic rings. The van der Waals surface area contributed by atoms with Crippen molar-refractivity contribution in [3.8, 4) is 0 Å². The third kappa shape index (κ3) is 3.66. The number of benzene rings is 1. The van der Waals surface area contributed by atoms with Gasteiger partial charge in [0, 0.05) is 38.2 Å². The van der Waals surface area contributed by atoms with E-state index in [9.17, 15) is 4.79 Å². The highest BCUT2D eigenvalue weighted by atomic mass is 16.2. The first-order chi connectivity index (χ1) is 16.3. The van der Waals surface area contributed by atoms with Gasteiger partial charge >= 0.3 is 0 Å². The van der Waals surface area contributed by atoms with Crippen LogP contribution in [0.1, 0.15) is 20.8 Å². The Balaban J connectivity index is 1.43. The maximum atomic E-state index is 12.7. The Kier molecular flexibility index (Phi) is 5.27. The molecular weight excluding hydrogens is 430 g/mol. The molecule has 4 heterocycles. The summed E-state index contributed by atoms with van der Waals surface area (Å²) in [5, 5.41) is 12.0. The van der Waals surface area contributed by atoms with E-state index in [-0.39, 0.29) is 18.0 Å². The van der Waals surface area contributed by atoms with Crippen LogP contribution >= 0.6 is 0 Å². The lowest BCUT2D eigenvalue weighted by Crippen LogP contribution is -2.53. The van der Waals surface area contributed by atoms with Crippen LogP contribution in [0.15, 0.2) is 48.8 Å². The summed E-state index contributed by atoms with van der Waals surface area (Å²) in [5.41, 5.74) is 3.51. The van der Waals surface area contributed by atoms with Gasteiger partial charge in [-0.3, -0.25) is 4.79 Å². The largest absolute Gasteiger partial charge is 0.356 e. The molecule has 5 rings (SSSR count). The molecule has 10 heteroatoms. The van der Waals surface area contributed by atoms with E-state index in [2.05, 4.69) is 49.4 Å². The van der Waals surface area contributed by atoms with Crippen molar-refractivity contribution >= 4 is 51.6 Å². The quantitative estimate of drug-likeness (QED) is 0.466. The molecule has 174 valence electrons. The number of rotatable bonds is 5. The molecule has 1 aliphatic heterocycles. The minimum Gasteiger partial charge on any atom is -0.356 e. The SMILES string of the molecule is CC(C)N1c2cc(Nc3nccc(Nc4nn(C)c5ncccc45)n3)ccc2N(C)C(=O)[C@H]1C. The van der Waals surface area contributed by atoms with Crippen LogP contribution in [-0.4, -0.2) is 49.8 Å². The van der Waals surface area contributed by atoms with Crippen molar-refractivity contribution in [2.75, 3.05) is 27.5 Å². The van der Waals surface area contributed by atoms with Crippen molar-refractivity contribution < 1.29 is 4.79 Å². The minimum atomic E-state index is -0.237. The molecule has 34 heavy (non-hydrogen) atoms. The van der Waals surface area contributed by atoms with Gasteiger partial charge in [0.1, 0.15) is 11.9 Å². The van der Waals surface area contributed by atoms with Crippen molar-refractivity contribution in [3.63, 3.8) is 0 Å². The fourth-order valence-corrected chi connectivity index (χ4v) is 4.47. The Labute approximate surface area is 197 Å². The molecular formula is C24H27N9O. The number of aryl methyl sites for hydroxylation is 1. The average Bonchev–Trinajstić information content (AvgIpc) is 3.13. The molecule has 0 bridgehead atoms. The van der Waals surface area contributed by atoms with Crippen molar-refractivity contribution in [1.29, 1.82) is 0 Å². The van der Waals surface area contributed by atoms with Crippen molar-refractivity contribution in [3.05, 3.63) is 48.8 Å². The number of hydrogen-bond donors (Lipinski definition) is 2. The molecule has 0 aliphatic carbocycles. The molecule has 2 N–H and O–H groups in total. The van der Waals surface area contributed by atoms with E-state index in [0.717, 1.165) is 28.1 Å². The first-order valence-corrected chi connectivity index (χ1v) is 11.2. The van der Waals surface area contributed by atoms with Crippen LogP contribution in [0.3, 0.4) is 0 Å². The molecule has 0 fully saturated rings. The molecule has 0 saturated carbocycles. The van der Waals surface area contributed by atoms with Crippen molar-refractivity contribution in [2.45, 2.75) is 32.9 Å². The number of fused-ring (bicyclic) bond motifs is 2.